The van der Waals surface area contributed by atoms with Gasteiger partial charge in [0.25, 0.3) is 5.91 Å². The van der Waals surface area contributed by atoms with E-state index in [-0.39, 0.29) is 17.4 Å². The number of hydrogen-bond donors (Lipinski definition) is 2. The van der Waals surface area contributed by atoms with Gasteiger partial charge in [0.15, 0.2) is 0 Å². The Hall–Kier alpha value is -2.12. The first kappa shape index (κ1) is 18.7. The van der Waals surface area contributed by atoms with Crippen LogP contribution in [0.25, 0.3) is 0 Å². The lowest BCUT2D eigenvalue weighted by atomic mass is 10.1. The number of anilines is 2. The van der Waals surface area contributed by atoms with E-state index in [9.17, 15) is 9.59 Å². The molecule has 0 radical (unpaired) electrons. The Balaban J connectivity index is 1.57. The molecule has 7 heteroatoms. The van der Waals surface area contributed by atoms with E-state index in [2.05, 4.69) is 29.4 Å². The molecule has 2 amide bonds. The zero-order valence-electron chi connectivity index (χ0n) is 15.8. The monoisotopic (exact) mass is 360 g/mol. The van der Waals surface area contributed by atoms with Crippen LogP contribution in [0.3, 0.4) is 0 Å². The largest absolute Gasteiger partial charge is 0.373 e. The maximum Gasteiger partial charge on any atom is 0.251 e. The quantitative estimate of drug-likeness (QED) is 0.847. The molecule has 1 aromatic carbocycles. The number of rotatable bonds is 4. The van der Waals surface area contributed by atoms with Gasteiger partial charge in [-0.3, -0.25) is 14.5 Å². The molecule has 0 aromatic heterocycles. The summed E-state index contributed by atoms with van der Waals surface area (Å²) >= 11 is 0. The van der Waals surface area contributed by atoms with Gasteiger partial charge in [0.05, 0.1) is 23.6 Å². The van der Waals surface area contributed by atoms with Crippen LogP contribution in [0.5, 0.6) is 0 Å². The second kappa shape index (κ2) is 7.63. The molecule has 1 aromatic rings. The van der Waals surface area contributed by atoms with E-state index in [4.69, 9.17) is 4.74 Å². The molecule has 0 saturated carbocycles. The van der Waals surface area contributed by atoms with Crippen LogP contribution < -0.4 is 15.5 Å². The highest BCUT2D eigenvalue weighted by molar-refractivity contribution is 6.00. The van der Waals surface area contributed by atoms with Crippen LogP contribution in [-0.2, 0) is 9.53 Å². The summed E-state index contributed by atoms with van der Waals surface area (Å²) in [5.41, 5.74) is 2.05. The van der Waals surface area contributed by atoms with Gasteiger partial charge in [0, 0.05) is 51.8 Å². The molecule has 2 aliphatic heterocycles. The van der Waals surface area contributed by atoms with Crippen molar-refractivity contribution in [1.82, 2.24) is 10.2 Å². The number of morpholine rings is 1. The van der Waals surface area contributed by atoms with E-state index in [1.165, 1.54) is 0 Å². The van der Waals surface area contributed by atoms with Crippen molar-refractivity contribution in [2.45, 2.75) is 25.9 Å². The summed E-state index contributed by atoms with van der Waals surface area (Å²) in [6.07, 6.45) is 0.447. The van der Waals surface area contributed by atoms with Crippen LogP contribution in [0.4, 0.5) is 11.4 Å². The summed E-state index contributed by atoms with van der Waals surface area (Å²) < 4.78 is 5.71. The Morgan fingerprint density at radius 1 is 1.35 bits per heavy atom. The van der Waals surface area contributed by atoms with Gasteiger partial charge in [-0.15, -0.1) is 0 Å². The molecule has 2 heterocycles. The first-order chi connectivity index (χ1) is 12.3. The fraction of sp³-hybridized carbons (Fsp3) is 0.579. The lowest BCUT2D eigenvalue weighted by molar-refractivity contribution is -0.115. The van der Waals surface area contributed by atoms with Gasteiger partial charge in [-0.05, 0) is 32.0 Å². The maximum absolute atomic E-state index is 12.5. The lowest BCUT2D eigenvalue weighted by Crippen LogP contribution is -2.50. The molecule has 0 unspecified atom stereocenters. The predicted molar refractivity (Wildman–Crippen MR) is 102 cm³/mol. The Labute approximate surface area is 154 Å². The van der Waals surface area contributed by atoms with Crippen molar-refractivity contribution >= 4 is 23.2 Å². The third-order valence-corrected chi connectivity index (χ3v) is 4.84. The average molecular weight is 360 g/mol. The molecule has 2 N–H and O–H groups in total. The highest BCUT2D eigenvalue weighted by Crippen LogP contribution is 2.28. The molecular formula is C19H28N4O3. The molecule has 7 nitrogen and oxygen atoms in total. The number of amides is 2. The molecule has 1 fully saturated rings. The topological polar surface area (TPSA) is 73.9 Å². The summed E-state index contributed by atoms with van der Waals surface area (Å²) in [7, 11) is 1.95. The third kappa shape index (κ3) is 4.53. The second-order valence-corrected chi connectivity index (χ2v) is 7.59. The summed E-state index contributed by atoms with van der Waals surface area (Å²) in [6, 6.07) is 5.45. The maximum atomic E-state index is 12.5. The van der Waals surface area contributed by atoms with E-state index in [0.29, 0.717) is 30.8 Å². The minimum atomic E-state index is -0.135. The van der Waals surface area contributed by atoms with Gasteiger partial charge in [0.2, 0.25) is 5.91 Å². The summed E-state index contributed by atoms with van der Waals surface area (Å²) in [4.78, 5) is 28.6. The zero-order valence-corrected chi connectivity index (χ0v) is 15.8. The van der Waals surface area contributed by atoms with Gasteiger partial charge in [-0.2, -0.15) is 0 Å². The number of nitrogens with one attached hydrogen (secondary N) is 2. The summed E-state index contributed by atoms with van der Waals surface area (Å²) in [5, 5.41) is 5.85. The fourth-order valence-electron chi connectivity index (χ4n) is 3.45. The van der Waals surface area contributed by atoms with Gasteiger partial charge in [-0.1, -0.05) is 0 Å². The van der Waals surface area contributed by atoms with Crippen LogP contribution in [0.15, 0.2) is 18.2 Å². The molecule has 2 aliphatic rings. The Bertz CT molecular complexity index is 689. The number of carbonyl (C=O) groups is 2. The van der Waals surface area contributed by atoms with E-state index in [1.807, 2.05) is 18.0 Å². The van der Waals surface area contributed by atoms with Crippen molar-refractivity contribution in [2.24, 2.45) is 0 Å². The van der Waals surface area contributed by atoms with Crippen molar-refractivity contribution in [3.8, 4) is 0 Å². The molecule has 3 rings (SSSR count). The molecule has 0 aliphatic carbocycles. The predicted octanol–water partition coefficient (Wildman–Crippen LogP) is 1.31. The molecular weight excluding hydrogens is 332 g/mol. The van der Waals surface area contributed by atoms with Gasteiger partial charge >= 0.3 is 0 Å². The smallest absolute Gasteiger partial charge is 0.251 e. The zero-order chi connectivity index (χ0) is 18.7. The van der Waals surface area contributed by atoms with Crippen molar-refractivity contribution in [3.05, 3.63) is 23.8 Å². The molecule has 0 spiro atoms. The number of carbonyl (C=O) groups excluding carboxylic acids is 2. The number of fused-ring (bicyclic) bond motifs is 1. The minimum Gasteiger partial charge on any atom is -0.373 e. The van der Waals surface area contributed by atoms with Gasteiger partial charge in [0.1, 0.15) is 0 Å². The number of nitrogens with zero attached hydrogens (tertiary/aromatic N) is 2. The van der Waals surface area contributed by atoms with Crippen LogP contribution in [-0.4, -0.2) is 68.7 Å². The SMILES string of the molecule is CN1CCC(=O)Nc2cc(C(=O)NCCN3CCOC(C)(C)C3)ccc21. The first-order valence-electron chi connectivity index (χ1n) is 9.14. The van der Waals surface area contributed by atoms with Crippen LogP contribution in [0.2, 0.25) is 0 Å². The Kier molecular flexibility index (Phi) is 5.48. The van der Waals surface area contributed by atoms with Gasteiger partial charge < -0.3 is 20.3 Å². The van der Waals surface area contributed by atoms with Crippen molar-refractivity contribution in [1.29, 1.82) is 0 Å². The Morgan fingerprint density at radius 3 is 2.92 bits per heavy atom. The molecule has 26 heavy (non-hydrogen) atoms. The standard InChI is InChI=1S/C19H28N4O3/c1-19(2)13-23(10-11-26-19)9-7-20-18(25)14-4-5-16-15(12-14)21-17(24)6-8-22(16)3/h4-5,12H,6-11,13H2,1-3H3,(H,20,25)(H,21,24). The van der Waals surface area contributed by atoms with Gasteiger partial charge in [-0.25, -0.2) is 0 Å². The first-order valence-corrected chi connectivity index (χ1v) is 9.14. The van der Waals surface area contributed by atoms with Crippen molar-refractivity contribution in [3.63, 3.8) is 0 Å². The average Bonchev–Trinajstić information content (AvgIpc) is 2.72. The summed E-state index contributed by atoms with van der Waals surface area (Å²) in [5.74, 6) is -0.149. The van der Waals surface area contributed by atoms with E-state index in [0.717, 1.165) is 31.9 Å². The number of ether oxygens (including phenoxy) is 1. The van der Waals surface area contributed by atoms with Crippen LogP contribution in [0, 0.1) is 0 Å². The second-order valence-electron chi connectivity index (χ2n) is 7.59. The van der Waals surface area contributed by atoms with Crippen molar-refractivity contribution in [2.75, 3.05) is 56.6 Å². The Morgan fingerprint density at radius 2 is 2.15 bits per heavy atom. The van der Waals surface area contributed by atoms with Crippen LogP contribution in [0.1, 0.15) is 30.6 Å². The van der Waals surface area contributed by atoms with E-state index in [1.54, 1.807) is 12.1 Å². The number of hydrogen-bond acceptors (Lipinski definition) is 5. The highest BCUT2D eigenvalue weighted by Gasteiger charge is 2.26. The fourth-order valence-corrected chi connectivity index (χ4v) is 3.45. The lowest BCUT2D eigenvalue weighted by Gasteiger charge is -2.38. The highest BCUT2D eigenvalue weighted by atomic mass is 16.5. The molecule has 0 bridgehead atoms. The van der Waals surface area contributed by atoms with E-state index < -0.39 is 0 Å². The summed E-state index contributed by atoms with van der Waals surface area (Å²) in [6.45, 7) is 8.68. The number of benzene rings is 1. The van der Waals surface area contributed by atoms with E-state index >= 15 is 0 Å². The van der Waals surface area contributed by atoms with Crippen LogP contribution >= 0.6 is 0 Å². The third-order valence-electron chi connectivity index (χ3n) is 4.84. The minimum absolute atomic E-state index is 0.0249. The molecule has 1 saturated heterocycles. The van der Waals surface area contributed by atoms with Crippen molar-refractivity contribution < 1.29 is 14.3 Å². The molecule has 0 atom stereocenters. The normalized spacial score (nSPS) is 20.1. The molecule has 142 valence electrons.